The van der Waals surface area contributed by atoms with Crippen LogP contribution in [0.5, 0.6) is 0 Å². The molecule has 0 aromatic carbocycles. The van der Waals surface area contributed by atoms with Gasteiger partial charge in [0, 0.05) is 19.3 Å². The van der Waals surface area contributed by atoms with Crippen molar-refractivity contribution >= 4 is 17.9 Å². The minimum Gasteiger partial charge on any atom is -0.477 e. The van der Waals surface area contributed by atoms with E-state index < -0.39 is 18.1 Å². The molecule has 0 spiro atoms. The number of aliphatic carboxylic acids is 1. The highest BCUT2D eigenvalue weighted by molar-refractivity contribution is 5.72. The summed E-state index contributed by atoms with van der Waals surface area (Å²) in [6.45, 7) is 4.71. The Morgan fingerprint density at radius 2 is 1.00 bits per heavy atom. The van der Waals surface area contributed by atoms with Gasteiger partial charge in [-0.25, -0.2) is 4.79 Å². The van der Waals surface area contributed by atoms with Crippen molar-refractivity contribution in [1.82, 2.24) is 0 Å². The van der Waals surface area contributed by atoms with Crippen LogP contribution in [0.2, 0.25) is 0 Å². The van der Waals surface area contributed by atoms with Crippen LogP contribution >= 0.6 is 0 Å². The molecule has 53 heavy (non-hydrogen) atoms. The number of rotatable bonds is 39. The zero-order valence-electron chi connectivity index (χ0n) is 35.2. The molecule has 310 valence electrons. The van der Waals surface area contributed by atoms with Crippen LogP contribution in [0.25, 0.3) is 0 Å². The van der Waals surface area contributed by atoms with E-state index in [0.29, 0.717) is 19.3 Å². The summed E-state index contributed by atoms with van der Waals surface area (Å²) in [4.78, 5) is 36.9. The predicted molar refractivity (Wildman–Crippen MR) is 220 cm³/mol. The third-order valence-electron chi connectivity index (χ3n) is 9.85. The van der Waals surface area contributed by atoms with E-state index in [0.717, 1.165) is 64.2 Å². The Morgan fingerprint density at radius 3 is 1.49 bits per heavy atom. The van der Waals surface area contributed by atoms with Crippen LogP contribution in [0.15, 0.2) is 24.3 Å². The summed E-state index contributed by atoms with van der Waals surface area (Å²) in [5.41, 5.74) is 0. The standard InChI is InChI=1S/C45H83NO7/c1-6-8-10-12-14-16-18-20-22-24-26-28-30-32-34-36-44(48)53-41(39-51-38-37-42(45(49)50)46(3,4)5)40-52-43(47)35-33-31-29-27-25-23-21-19-17-15-13-11-9-7-2/h14,16,20,22,41-42H,6-13,15,17-19,21,23-40H2,1-5H3/p+1/b16-14-,22-20-. The third-order valence-corrected chi connectivity index (χ3v) is 9.85. The molecule has 0 saturated heterocycles. The molecule has 0 heterocycles. The van der Waals surface area contributed by atoms with Gasteiger partial charge in [-0.05, 0) is 44.9 Å². The van der Waals surface area contributed by atoms with E-state index in [2.05, 4.69) is 38.2 Å². The molecule has 0 aromatic rings. The van der Waals surface area contributed by atoms with Crippen molar-refractivity contribution in [2.45, 2.75) is 206 Å². The van der Waals surface area contributed by atoms with Gasteiger partial charge in [0.1, 0.15) is 6.61 Å². The van der Waals surface area contributed by atoms with E-state index in [4.69, 9.17) is 14.2 Å². The number of hydrogen-bond acceptors (Lipinski definition) is 6. The molecule has 0 aromatic heterocycles. The normalized spacial score (nSPS) is 13.2. The van der Waals surface area contributed by atoms with Crippen LogP contribution in [-0.4, -0.2) is 80.6 Å². The Balaban J connectivity index is 4.36. The molecule has 0 aliphatic carbocycles. The number of carboxylic acids is 1. The fraction of sp³-hybridized carbons (Fsp3) is 0.844. The number of carbonyl (C=O) groups is 3. The van der Waals surface area contributed by atoms with E-state index >= 15 is 0 Å². The van der Waals surface area contributed by atoms with Crippen LogP contribution in [-0.2, 0) is 28.6 Å². The first-order valence-corrected chi connectivity index (χ1v) is 21.9. The molecule has 0 radical (unpaired) electrons. The lowest BCUT2D eigenvalue weighted by molar-refractivity contribution is -0.887. The molecule has 0 fully saturated rings. The summed E-state index contributed by atoms with van der Waals surface area (Å²) >= 11 is 0. The second-order valence-electron chi connectivity index (χ2n) is 16.0. The quantitative estimate of drug-likeness (QED) is 0.0289. The smallest absolute Gasteiger partial charge is 0.362 e. The number of ether oxygens (including phenoxy) is 3. The maximum absolute atomic E-state index is 12.7. The fourth-order valence-corrected chi connectivity index (χ4v) is 6.42. The molecule has 8 heteroatoms. The fourth-order valence-electron chi connectivity index (χ4n) is 6.42. The molecule has 0 amide bonds. The Bertz CT molecular complexity index is 926. The van der Waals surface area contributed by atoms with E-state index in [9.17, 15) is 19.5 Å². The Kier molecular flexibility index (Phi) is 35.2. The molecule has 0 aliphatic rings. The van der Waals surface area contributed by atoms with Gasteiger partial charge in [-0.1, -0.05) is 154 Å². The average Bonchev–Trinajstić information content (AvgIpc) is 3.11. The van der Waals surface area contributed by atoms with Crippen molar-refractivity contribution in [2.24, 2.45) is 0 Å². The van der Waals surface area contributed by atoms with E-state index in [1.54, 1.807) is 0 Å². The summed E-state index contributed by atoms with van der Waals surface area (Å²) in [6.07, 6.45) is 39.2. The van der Waals surface area contributed by atoms with Gasteiger partial charge in [0.25, 0.3) is 0 Å². The molecule has 0 aliphatic heterocycles. The lowest BCUT2D eigenvalue weighted by atomic mass is 10.0. The monoisotopic (exact) mass is 751 g/mol. The third kappa shape index (κ3) is 35.3. The second kappa shape index (κ2) is 36.8. The molecular formula is C45H84NO7+. The summed E-state index contributed by atoms with van der Waals surface area (Å²) in [7, 11) is 5.52. The number of nitrogens with zero attached hydrogens (tertiary/aromatic N) is 1. The lowest BCUT2D eigenvalue weighted by Gasteiger charge is -2.31. The number of esters is 2. The second-order valence-corrected chi connectivity index (χ2v) is 16.0. The van der Waals surface area contributed by atoms with Crippen molar-refractivity contribution in [3.63, 3.8) is 0 Å². The van der Waals surface area contributed by atoms with Gasteiger partial charge in [0.15, 0.2) is 12.1 Å². The molecule has 2 atom stereocenters. The maximum atomic E-state index is 12.7. The SMILES string of the molecule is CCCCC/C=C\C/C=C\CCCCCCCC(=O)OC(COCCC(C(=O)O)[N+](C)(C)C)COC(=O)CCCCCCCCCCCCCCCC. The lowest BCUT2D eigenvalue weighted by Crippen LogP contribution is -2.50. The molecule has 0 bridgehead atoms. The van der Waals surface area contributed by atoms with Gasteiger partial charge >= 0.3 is 17.9 Å². The predicted octanol–water partition coefficient (Wildman–Crippen LogP) is 11.7. The highest BCUT2D eigenvalue weighted by atomic mass is 16.6. The van der Waals surface area contributed by atoms with Crippen molar-refractivity contribution in [3.05, 3.63) is 24.3 Å². The van der Waals surface area contributed by atoms with Crippen LogP contribution in [0, 0.1) is 0 Å². The number of carboxylic acid groups (broad SMARTS) is 1. The first-order chi connectivity index (χ1) is 25.6. The Labute approximate surface area is 326 Å². The zero-order chi connectivity index (χ0) is 39.3. The van der Waals surface area contributed by atoms with Crippen molar-refractivity contribution in [3.8, 4) is 0 Å². The highest BCUT2D eigenvalue weighted by Crippen LogP contribution is 2.15. The Morgan fingerprint density at radius 1 is 0.566 bits per heavy atom. The van der Waals surface area contributed by atoms with Crippen LogP contribution in [0.3, 0.4) is 0 Å². The number of carbonyl (C=O) groups excluding carboxylic acids is 2. The number of unbranched alkanes of at least 4 members (excludes halogenated alkanes) is 21. The highest BCUT2D eigenvalue weighted by Gasteiger charge is 2.31. The molecule has 0 rings (SSSR count). The van der Waals surface area contributed by atoms with Gasteiger partial charge < -0.3 is 23.8 Å². The molecule has 1 N–H and O–H groups in total. The van der Waals surface area contributed by atoms with Crippen LogP contribution in [0.1, 0.15) is 194 Å². The van der Waals surface area contributed by atoms with E-state index in [1.165, 1.54) is 96.3 Å². The zero-order valence-corrected chi connectivity index (χ0v) is 35.2. The van der Waals surface area contributed by atoms with Crippen molar-refractivity contribution in [2.75, 3.05) is 41.0 Å². The van der Waals surface area contributed by atoms with Crippen LogP contribution in [0.4, 0.5) is 0 Å². The summed E-state index contributed by atoms with van der Waals surface area (Å²) < 4.78 is 17.3. The summed E-state index contributed by atoms with van der Waals surface area (Å²) in [5.74, 6) is -1.48. The molecule has 0 saturated carbocycles. The number of likely N-dealkylation sites (N-methyl/N-ethyl adjacent to an activating group) is 1. The van der Waals surface area contributed by atoms with Crippen LogP contribution < -0.4 is 0 Å². The summed E-state index contributed by atoms with van der Waals surface area (Å²) in [5, 5.41) is 9.61. The number of hydrogen-bond donors (Lipinski definition) is 1. The first kappa shape index (κ1) is 50.8. The van der Waals surface area contributed by atoms with Gasteiger partial charge in [0.2, 0.25) is 0 Å². The molecule has 2 unspecified atom stereocenters. The van der Waals surface area contributed by atoms with E-state index in [-0.39, 0.29) is 36.2 Å². The van der Waals surface area contributed by atoms with E-state index in [1.807, 2.05) is 21.1 Å². The van der Waals surface area contributed by atoms with Gasteiger partial charge in [0.05, 0.1) is 34.4 Å². The van der Waals surface area contributed by atoms with Crippen molar-refractivity contribution in [1.29, 1.82) is 0 Å². The maximum Gasteiger partial charge on any atom is 0.362 e. The number of quaternary nitrogens is 1. The van der Waals surface area contributed by atoms with Gasteiger partial charge in [-0.3, -0.25) is 9.59 Å². The average molecular weight is 751 g/mol. The summed E-state index contributed by atoms with van der Waals surface area (Å²) in [6, 6.07) is -0.614. The minimum atomic E-state index is -0.876. The number of allylic oxidation sites excluding steroid dienone is 4. The van der Waals surface area contributed by atoms with Crippen molar-refractivity contribution < 1.29 is 38.2 Å². The molecule has 8 nitrogen and oxygen atoms in total. The minimum absolute atomic E-state index is 0.0525. The largest absolute Gasteiger partial charge is 0.477 e. The molecular weight excluding hydrogens is 666 g/mol. The van der Waals surface area contributed by atoms with Gasteiger partial charge in [-0.15, -0.1) is 0 Å². The Hall–Kier alpha value is -2.19. The van der Waals surface area contributed by atoms with Gasteiger partial charge in [-0.2, -0.15) is 0 Å². The first-order valence-electron chi connectivity index (χ1n) is 21.9. The topological polar surface area (TPSA) is 99.1 Å².